The van der Waals surface area contributed by atoms with Crippen LogP contribution in [0.25, 0.3) is 0 Å². The van der Waals surface area contributed by atoms with Crippen LogP contribution in [0.1, 0.15) is 29.0 Å². The summed E-state index contributed by atoms with van der Waals surface area (Å²) in [5.74, 6) is -2.03. The number of H-pyrrole nitrogens is 1. The number of esters is 1. The summed E-state index contributed by atoms with van der Waals surface area (Å²) in [6.07, 6.45) is 0. The molecule has 18 heavy (non-hydrogen) atoms. The third-order valence-electron chi connectivity index (χ3n) is 2.56. The average molecular weight is 276 g/mol. The number of carbonyl (C=O) groups is 2. The van der Waals surface area contributed by atoms with Crippen molar-refractivity contribution in [2.75, 3.05) is 13.0 Å². The van der Waals surface area contributed by atoms with E-state index in [0.717, 1.165) is 4.57 Å². The lowest BCUT2D eigenvalue weighted by molar-refractivity contribution is -0.119. The highest BCUT2D eigenvalue weighted by Gasteiger charge is 2.27. The van der Waals surface area contributed by atoms with E-state index in [9.17, 15) is 14.4 Å². The molecule has 8 heteroatoms. The molecule has 0 spiro atoms. The first-order valence-electron chi connectivity index (χ1n) is 5.20. The minimum atomic E-state index is -0.802. The Morgan fingerprint density at radius 2 is 2.17 bits per heavy atom. The second-order valence-electron chi connectivity index (χ2n) is 3.65. The van der Waals surface area contributed by atoms with Gasteiger partial charge in [-0.25, -0.2) is 9.59 Å². The number of primary amides is 1. The number of methoxy groups -OCH3 is 1. The number of imidazole rings is 1. The first-order chi connectivity index (χ1) is 8.43. The van der Waals surface area contributed by atoms with E-state index in [1.807, 2.05) is 0 Å². The van der Waals surface area contributed by atoms with E-state index in [1.165, 1.54) is 14.0 Å². The molecule has 0 aliphatic carbocycles. The van der Waals surface area contributed by atoms with Crippen LogP contribution in [0.15, 0.2) is 4.79 Å². The summed E-state index contributed by atoms with van der Waals surface area (Å²) >= 11 is 5.56. The van der Waals surface area contributed by atoms with Crippen molar-refractivity contribution in [3.63, 3.8) is 0 Å². The maximum Gasteiger partial charge on any atom is 0.356 e. The van der Waals surface area contributed by atoms with Crippen LogP contribution in [-0.4, -0.2) is 34.4 Å². The molecule has 0 saturated carbocycles. The van der Waals surface area contributed by atoms with Gasteiger partial charge in [-0.05, 0) is 6.92 Å². The van der Waals surface area contributed by atoms with Gasteiger partial charge in [0.1, 0.15) is 0 Å². The van der Waals surface area contributed by atoms with Crippen LogP contribution < -0.4 is 11.4 Å². The van der Waals surface area contributed by atoms with Gasteiger partial charge in [-0.1, -0.05) is 0 Å². The van der Waals surface area contributed by atoms with Gasteiger partial charge in [0.05, 0.1) is 18.7 Å². The monoisotopic (exact) mass is 275 g/mol. The number of aromatic amines is 1. The maximum absolute atomic E-state index is 11.7. The Kier molecular flexibility index (Phi) is 4.55. The van der Waals surface area contributed by atoms with Crippen LogP contribution in [-0.2, 0) is 16.1 Å². The number of amides is 1. The highest BCUT2D eigenvalue weighted by molar-refractivity contribution is 6.17. The van der Waals surface area contributed by atoms with E-state index in [-0.39, 0.29) is 23.8 Å². The van der Waals surface area contributed by atoms with Crippen LogP contribution in [0.4, 0.5) is 0 Å². The van der Waals surface area contributed by atoms with Gasteiger partial charge in [0.2, 0.25) is 5.91 Å². The fourth-order valence-electron chi connectivity index (χ4n) is 1.56. The SMILES string of the molecule is COC(=O)c1c(C(C)C(N)=O)[nH]c(=O)n1CCCl. The Labute approximate surface area is 108 Å². The van der Waals surface area contributed by atoms with E-state index in [4.69, 9.17) is 17.3 Å². The number of rotatable bonds is 5. The lowest BCUT2D eigenvalue weighted by Gasteiger charge is -2.09. The number of nitrogens with zero attached hydrogens (tertiary/aromatic N) is 1. The zero-order valence-electron chi connectivity index (χ0n) is 10.0. The van der Waals surface area contributed by atoms with Gasteiger partial charge in [-0.15, -0.1) is 11.6 Å². The minimum Gasteiger partial charge on any atom is -0.464 e. The Morgan fingerprint density at radius 1 is 1.56 bits per heavy atom. The molecule has 0 aliphatic rings. The maximum atomic E-state index is 11.7. The number of hydrogen-bond donors (Lipinski definition) is 2. The smallest absolute Gasteiger partial charge is 0.356 e. The first kappa shape index (κ1) is 14.3. The molecule has 0 saturated heterocycles. The number of halogens is 1. The normalized spacial score (nSPS) is 12.2. The molecule has 3 N–H and O–H groups in total. The molecule has 0 radical (unpaired) electrons. The topological polar surface area (TPSA) is 107 Å². The second-order valence-corrected chi connectivity index (χ2v) is 4.03. The third-order valence-corrected chi connectivity index (χ3v) is 2.73. The Morgan fingerprint density at radius 3 is 2.61 bits per heavy atom. The Balaban J connectivity index is 3.43. The molecule has 1 unspecified atom stereocenters. The van der Waals surface area contributed by atoms with Crippen molar-refractivity contribution in [2.45, 2.75) is 19.4 Å². The van der Waals surface area contributed by atoms with E-state index < -0.39 is 23.5 Å². The van der Waals surface area contributed by atoms with Crippen molar-refractivity contribution in [3.8, 4) is 0 Å². The summed E-state index contributed by atoms with van der Waals surface area (Å²) in [7, 11) is 1.18. The van der Waals surface area contributed by atoms with Crippen molar-refractivity contribution < 1.29 is 14.3 Å². The number of ether oxygens (including phenoxy) is 1. The quantitative estimate of drug-likeness (QED) is 0.573. The number of carbonyl (C=O) groups excluding carboxylic acids is 2. The van der Waals surface area contributed by atoms with E-state index >= 15 is 0 Å². The molecule has 100 valence electrons. The zero-order valence-corrected chi connectivity index (χ0v) is 10.8. The van der Waals surface area contributed by atoms with Crippen molar-refractivity contribution in [3.05, 3.63) is 21.9 Å². The number of nitrogens with two attached hydrogens (primary N) is 1. The van der Waals surface area contributed by atoms with Gasteiger partial charge in [-0.2, -0.15) is 0 Å². The highest BCUT2D eigenvalue weighted by Crippen LogP contribution is 2.17. The molecular weight excluding hydrogens is 262 g/mol. The summed E-state index contributed by atoms with van der Waals surface area (Å²) in [4.78, 5) is 37.0. The molecule has 1 rings (SSSR count). The van der Waals surface area contributed by atoms with Crippen molar-refractivity contribution >= 4 is 23.5 Å². The van der Waals surface area contributed by atoms with Crippen LogP contribution >= 0.6 is 11.6 Å². The van der Waals surface area contributed by atoms with E-state index in [2.05, 4.69) is 9.72 Å². The largest absolute Gasteiger partial charge is 0.464 e. The predicted molar refractivity (Wildman–Crippen MR) is 64.7 cm³/mol. The molecule has 1 atom stereocenters. The van der Waals surface area contributed by atoms with Crippen molar-refractivity contribution in [1.29, 1.82) is 0 Å². The summed E-state index contributed by atoms with van der Waals surface area (Å²) in [5, 5.41) is 0. The molecule has 1 aromatic heterocycles. The van der Waals surface area contributed by atoms with Crippen LogP contribution in [0, 0.1) is 0 Å². The fourth-order valence-corrected chi connectivity index (χ4v) is 1.73. The van der Waals surface area contributed by atoms with E-state index in [0.29, 0.717) is 0 Å². The highest BCUT2D eigenvalue weighted by atomic mass is 35.5. The lowest BCUT2D eigenvalue weighted by atomic mass is 10.1. The van der Waals surface area contributed by atoms with Gasteiger partial charge in [-0.3, -0.25) is 9.36 Å². The Hall–Kier alpha value is -1.76. The minimum absolute atomic E-state index is 0.0190. The summed E-state index contributed by atoms with van der Waals surface area (Å²) in [6, 6.07) is 0. The van der Waals surface area contributed by atoms with Gasteiger partial charge in [0, 0.05) is 12.4 Å². The summed E-state index contributed by atoms with van der Waals surface area (Å²) in [6.45, 7) is 1.62. The van der Waals surface area contributed by atoms with Gasteiger partial charge in [0.25, 0.3) is 0 Å². The van der Waals surface area contributed by atoms with Crippen molar-refractivity contribution in [2.24, 2.45) is 5.73 Å². The number of alkyl halides is 1. The van der Waals surface area contributed by atoms with E-state index in [1.54, 1.807) is 0 Å². The standard InChI is InChI=1S/C10H14ClN3O4/c1-5(8(12)15)6-7(9(16)18-2)14(4-3-11)10(17)13-6/h5H,3-4H2,1-2H3,(H2,12,15)(H,13,17). The predicted octanol–water partition coefficient (Wildman–Crippen LogP) is -0.209. The molecule has 1 amide bonds. The summed E-state index contributed by atoms with van der Waals surface area (Å²) < 4.78 is 5.73. The van der Waals surface area contributed by atoms with Crippen LogP contribution in [0.2, 0.25) is 0 Å². The molecule has 0 fully saturated rings. The van der Waals surface area contributed by atoms with Crippen LogP contribution in [0.3, 0.4) is 0 Å². The number of hydrogen-bond acceptors (Lipinski definition) is 4. The number of nitrogens with one attached hydrogen (secondary N) is 1. The molecule has 0 aliphatic heterocycles. The molecule has 0 aromatic carbocycles. The second kappa shape index (κ2) is 5.72. The third kappa shape index (κ3) is 2.56. The molecular formula is C10H14ClN3O4. The number of aromatic nitrogens is 2. The molecule has 7 nitrogen and oxygen atoms in total. The van der Waals surface area contributed by atoms with Gasteiger partial charge >= 0.3 is 11.7 Å². The molecule has 0 bridgehead atoms. The Bertz CT molecular complexity index is 520. The molecule has 1 heterocycles. The summed E-state index contributed by atoms with van der Waals surface area (Å²) in [5.41, 5.74) is 4.76. The first-order valence-corrected chi connectivity index (χ1v) is 5.73. The van der Waals surface area contributed by atoms with Gasteiger partial charge < -0.3 is 15.5 Å². The fraction of sp³-hybridized carbons (Fsp3) is 0.500. The van der Waals surface area contributed by atoms with Crippen LogP contribution in [0.5, 0.6) is 0 Å². The lowest BCUT2D eigenvalue weighted by Crippen LogP contribution is -2.23. The van der Waals surface area contributed by atoms with Gasteiger partial charge in [0.15, 0.2) is 5.69 Å². The zero-order chi connectivity index (χ0) is 13.9. The average Bonchev–Trinajstić information content (AvgIpc) is 2.65. The molecule has 1 aromatic rings. The van der Waals surface area contributed by atoms with Crippen molar-refractivity contribution in [1.82, 2.24) is 9.55 Å².